The summed E-state index contributed by atoms with van der Waals surface area (Å²) in [7, 11) is 1.36. The standard InChI is InChI=1S/C16H28N2O3/c1-3-4-5-8-17-9-13-11-18(12-14(13)10-17)15(19)6-7-16(20)21-2/h13-14H,3-12H2,1-2H3. The summed E-state index contributed by atoms with van der Waals surface area (Å²) in [6.45, 7) is 7.45. The van der Waals surface area contributed by atoms with E-state index in [0.29, 0.717) is 11.8 Å². The minimum Gasteiger partial charge on any atom is -0.469 e. The fraction of sp³-hybridized carbons (Fsp3) is 0.875. The Balaban J connectivity index is 1.69. The number of methoxy groups -OCH3 is 1. The van der Waals surface area contributed by atoms with Gasteiger partial charge < -0.3 is 14.5 Å². The molecule has 0 aliphatic carbocycles. The van der Waals surface area contributed by atoms with Crippen LogP contribution >= 0.6 is 0 Å². The average Bonchev–Trinajstić information content (AvgIpc) is 3.02. The van der Waals surface area contributed by atoms with Crippen molar-refractivity contribution in [2.75, 3.05) is 39.8 Å². The number of amides is 1. The van der Waals surface area contributed by atoms with Crippen molar-refractivity contribution in [1.82, 2.24) is 9.80 Å². The van der Waals surface area contributed by atoms with E-state index in [2.05, 4.69) is 16.6 Å². The summed E-state index contributed by atoms with van der Waals surface area (Å²) in [6, 6.07) is 0. The van der Waals surface area contributed by atoms with Crippen LogP contribution in [0, 0.1) is 11.8 Å². The topological polar surface area (TPSA) is 49.9 Å². The van der Waals surface area contributed by atoms with Gasteiger partial charge in [-0.15, -0.1) is 0 Å². The first-order valence-electron chi connectivity index (χ1n) is 8.21. The third-order valence-electron chi connectivity index (χ3n) is 4.76. The lowest BCUT2D eigenvalue weighted by Gasteiger charge is -2.21. The van der Waals surface area contributed by atoms with Gasteiger partial charge >= 0.3 is 5.97 Å². The Hall–Kier alpha value is -1.10. The first kappa shape index (κ1) is 16.3. The van der Waals surface area contributed by atoms with Crippen molar-refractivity contribution in [2.24, 2.45) is 11.8 Å². The van der Waals surface area contributed by atoms with Gasteiger partial charge in [0.15, 0.2) is 0 Å². The molecule has 0 saturated carbocycles. The average molecular weight is 296 g/mol. The zero-order valence-corrected chi connectivity index (χ0v) is 13.3. The van der Waals surface area contributed by atoms with Crippen molar-refractivity contribution < 1.29 is 14.3 Å². The molecule has 2 rings (SSSR count). The van der Waals surface area contributed by atoms with Gasteiger partial charge in [-0.1, -0.05) is 19.8 Å². The Morgan fingerprint density at radius 3 is 2.29 bits per heavy atom. The highest BCUT2D eigenvalue weighted by Gasteiger charge is 2.40. The number of nitrogens with zero attached hydrogens (tertiary/aromatic N) is 2. The molecule has 1 amide bonds. The van der Waals surface area contributed by atoms with Gasteiger partial charge in [-0.3, -0.25) is 9.59 Å². The smallest absolute Gasteiger partial charge is 0.306 e. The van der Waals surface area contributed by atoms with Gasteiger partial charge in [0.25, 0.3) is 0 Å². The molecule has 2 aliphatic heterocycles. The molecule has 120 valence electrons. The first-order valence-corrected chi connectivity index (χ1v) is 8.21. The monoisotopic (exact) mass is 296 g/mol. The van der Waals surface area contributed by atoms with Crippen LogP contribution in [0.25, 0.3) is 0 Å². The summed E-state index contributed by atoms with van der Waals surface area (Å²) < 4.78 is 4.58. The molecule has 2 aliphatic rings. The van der Waals surface area contributed by atoms with Crippen LogP contribution < -0.4 is 0 Å². The summed E-state index contributed by atoms with van der Waals surface area (Å²) in [6.07, 6.45) is 4.35. The highest BCUT2D eigenvalue weighted by atomic mass is 16.5. The van der Waals surface area contributed by atoms with Crippen LogP contribution in [-0.2, 0) is 14.3 Å². The molecule has 0 bridgehead atoms. The SMILES string of the molecule is CCCCCN1CC2CN(C(=O)CCC(=O)OC)CC2C1. The molecule has 5 nitrogen and oxygen atoms in total. The number of likely N-dealkylation sites (tertiary alicyclic amines) is 2. The molecule has 2 atom stereocenters. The van der Waals surface area contributed by atoms with E-state index in [9.17, 15) is 9.59 Å². The maximum absolute atomic E-state index is 12.1. The van der Waals surface area contributed by atoms with Gasteiger partial charge in [0.2, 0.25) is 5.91 Å². The summed E-state index contributed by atoms with van der Waals surface area (Å²) in [5, 5.41) is 0. The quantitative estimate of drug-likeness (QED) is 0.528. The van der Waals surface area contributed by atoms with Crippen LogP contribution in [0.15, 0.2) is 0 Å². The minimum absolute atomic E-state index is 0.104. The minimum atomic E-state index is -0.301. The van der Waals surface area contributed by atoms with Crippen LogP contribution in [0.1, 0.15) is 39.0 Å². The number of esters is 1. The van der Waals surface area contributed by atoms with E-state index in [-0.39, 0.29) is 24.7 Å². The van der Waals surface area contributed by atoms with Gasteiger partial charge in [0.05, 0.1) is 13.5 Å². The summed E-state index contributed by atoms with van der Waals surface area (Å²) in [4.78, 5) is 27.7. The van der Waals surface area contributed by atoms with E-state index >= 15 is 0 Å². The molecule has 2 unspecified atom stereocenters. The molecular weight excluding hydrogens is 268 g/mol. The summed E-state index contributed by atoms with van der Waals surface area (Å²) in [5.74, 6) is 1.07. The number of rotatable bonds is 7. The molecule has 2 saturated heterocycles. The van der Waals surface area contributed by atoms with Gasteiger partial charge in [0, 0.05) is 32.6 Å². The molecule has 2 heterocycles. The Kier molecular flexibility index (Phi) is 6.03. The Labute approximate surface area is 127 Å². The molecule has 0 aromatic carbocycles. The van der Waals surface area contributed by atoms with Crippen LogP contribution in [0.5, 0.6) is 0 Å². The van der Waals surface area contributed by atoms with Crippen LogP contribution in [0.3, 0.4) is 0 Å². The number of fused-ring (bicyclic) bond motifs is 1. The Morgan fingerprint density at radius 1 is 1.05 bits per heavy atom. The second-order valence-corrected chi connectivity index (χ2v) is 6.36. The van der Waals surface area contributed by atoms with Crippen molar-refractivity contribution in [2.45, 2.75) is 39.0 Å². The fourth-order valence-electron chi connectivity index (χ4n) is 3.53. The maximum Gasteiger partial charge on any atom is 0.306 e. The predicted octanol–water partition coefficient (Wildman–Crippen LogP) is 1.52. The van der Waals surface area contributed by atoms with E-state index < -0.39 is 0 Å². The number of unbranched alkanes of at least 4 members (excludes halogenated alkanes) is 2. The van der Waals surface area contributed by atoms with Crippen molar-refractivity contribution >= 4 is 11.9 Å². The highest BCUT2D eigenvalue weighted by Crippen LogP contribution is 2.31. The molecule has 0 spiro atoms. The number of ether oxygens (including phenoxy) is 1. The van der Waals surface area contributed by atoms with E-state index in [4.69, 9.17) is 0 Å². The van der Waals surface area contributed by atoms with Crippen LogP contribution in [-0.4, -0.2) is 61.5 Å². The molecule has 0 aromatic rings. The van der Waals surface area contributed by atoms with Crippen LogP contribution in [0.4, 0.5) is 0 Å². The van der Waals surface area contributed by atoms with Gasteiger partial charge in [-0.05, 0) is 24.8 Å². The zero-order chi connectivity index (χ0) is 15.2. The number of carbonyl (C=O) groups excluding carboxylic acids is 2. The molecular formula is C16H28N2O3. The molecule has 0 N–H and O–H groups in total. The van der Waals surface area contributed by atoms with E-state index in [0.717, 1.165) is 26.2 Å². The second-order valence-electron chi connectivity index (χ2n) is 6.36. The molecule has 5 heteroatoms. The van der Waals surface area contributed by atoms with Crippen LogP contribution in [0.2, 0.25) is 0 Å². The van der Waals surface area contributed by atoms with Gasteiger partial charge in [0.1, 0.15) is 0 Å². The Bertz CT molecular complexity index is 359. The molecule has 21 heavy (non-hydrogen) atoms. The van der Waals surface area contributed by atoms with E-state index in [1.807, 2.05) is 4.90 Å². The second kappa shape index (κ2) is 7.78. The lowest BCUT2D eigenvalue weighted by molar-refractivity contribution is -0.143. The normalized spacial score (nSPS) is 25.1. The molecule has 0 radical (unpaired) electrons. The molecule has 0 aromatic heterocycles. The lowest BCUT2D eigenvalue weighted by atomic mass is 10.0. The largest absolute Gasteiger partial charge is 0.469 e. The molecule has 2 fully saturated rings. The van der Waals surface area contributed by atoms with Crippen molar-refractivity contribution in [1.29, 1.82) is 0 Å². The fourth-order valence-corrected chi connectivity index (χ4v) is 3.53. The highest BCUT2D eigenvalue weighted by molar-refractivity contribution is 5.81. The van der Waals surface area contributed by atoms with Crippen molar-refractivity contribution in [3.63, 3.8) is 0 Å². The number of carbonyl (C=O) groups is 2. The summed E-state index contributed by atoms with van der Waals surface area (Å²) in [5.41, 5.74) is 0. The zero-order valence-electron chi connectivity index (χ0n) is 13.3. The first-order chi connectivity index (χ1) is 10.1. The van der Waals surface area contributed by atoms with Crippen molar-refractivity contribution in [3.05, 3.63) is 0 Å². The number of hydrogen-bond acceptors (Lipinski definition) is 4. The van der Waals surface area contributed by atoms with Gasteiger partial charge in [-0.2, -0.15) is 0 Å². The number of hydrogen-bond donors (Lipinski definition) is 0. The summed E-state index contributed by atoms with van der Waals surface area (Å²) >= 11 is 0. The maximum atomic E-state index is 12.1. The van der Waals surface area contributed by atoms with Gasteiger partial charge in [-0.25, -0.2) is 0 Å². The predicted molar refractivity (Wildman–Crippen MR) is 80.8 cm³/mol. The lowest BCUT2D eigenvalue weighted by Crippen LogP contribution is -2.33. The van der Waals surface area contributed by atoms with E-state index in [1.165, 1.54) is 32.9 Å². The Morgan fingerprint density at radius 2 is 1.71 bits per heavy atom. The third-order valence-corrected chi connectivity index (χ3v) is 4.76. The third kappa shape index (κ3) is 4.43. The van der Waals surface area contributed by atoms with Crippen molar-refractivity contribution in [3.8, 4) is 0 Å². The van der Waals surface area contributed by atoms with E-state index in [1.54, 1.807) is 0 Å².